The third-order valence-corrected chi connectivity index (χ3v) is 1.47. The van der Waals surface area contributed by atoms with Crippen molar-refractivity contribution in [2.75, 3.05) is 0 Å². The van der Waals surface area contributed by atoms with Crippen molar-refractivity contribution < 1.29 is 4.79 Å². The van der Waals surface area contributed by atoms with Gasteiger partial charge in [0.2, 0.25) is 5.91 Å². The maximum absolute atomic E-state index is 11.0. The van der Waals surface area contributed by atoms with Gasteiger partial charge in [0, 0.05) is 0 Å². The van der Waals surface area contributed by atoms with E-state index in [4.69, 9.17) is 0 Å². The summed E-state index contributed by atoms with van der Waals surface area (Å²) in [6, 6.07) is 9.59. The highest BCUT2D eigenvalue weighted by molar-refractivity contribution is 5.79. The number of carbonyl (C=O) groups is 1. The number of benzene rings is 1. The van der Waals surface area contributed by atoms with Gasteiger partial charge in [-0.15, -0.1) is 0 Å². The second-order valence-electron chi connectivity index (χ2n) is 2.43. The Morgan fingerprint density at radius 2 is 2.08 bits per heavy atom. The molecule has 1 aromatic carbocycles. The van der Waals surface area contributed by atoms with E-state index in [9.17, 15) is 4.79 Å². The van der Waals surface area contributed by atoms with Gasteiger partial charge < -0.3 is 5.32 Å². The summed E-state index contributed by atoms with van der Waals surface area (Å²) in [6.07, 6.45) is 1.80. The fraction of sp³-hybridized carbons (Fsp3) is 0.100. The van der Waals surface area contributed by atoms with Crippen LogP contribution in [-0.4, -0.2) is 5.91 Å². The van der Waals surface area contributed by atoms with Crippen molar-refractivity contribution in [3.05, 3.63) is 48.7 Å². The lowest BCUT2D eigenvalue weighted by Gasteiger charge is -1.98. The monoisotopic (exact) mass is 161 g/mol. The molecule has 0 bridgehead atoms. The van der Waals surface area contributed by atoms with Crippen LogP contribution in [0.15, 0.2) is 43.1 Å². The largest absolute Gasteiger partial charge is 0.333 e. The summed E-state index contributed by atoms with van der Waals surface area (Å²) in [7, 11) is 0. The first-order chi connectivity index (χ1) is 5.83. The molecule has 0 unspecified atom stereocenters. The fourth-order valence-corrected chi connectivity index (χ4v) is 0.946. The summed E-state index contributed by atoms with van der Waals surface area (Å²) >= 11 is 0. The van der Waals surface area contributed by atoms with Crippen molar-refractivity contribution in [1.29, 1.82) is 0 Å². The maximum Gasteiger partial charge on any atom is 0.228 e. The first-order valence-corrected chi connectivity index (χ1v) is 3.77. The Labute approximate surface area is 71.9 Å². The molecule has 0 fully saturated rings. The zero-order chi connectivity index (χ0) is 8.81. The molecule has 0 saturated heterocycles. The van der Waals surface area contributed by atoms with Crippen LogP contribution in [0, 0.1) is 0 Å². The zero-order valence-corrected chi connectivity index (χ0v) is 6.79. The third kappa shape index (κ3) is 2.58. The summed E-state index contributed by atoms with van der Waals surface area (Å²) < 4.78 is 0. The Kier molecular flexibility index (Phi) is 3.08. The SMILES string of the molecule is C=CNC(=O)Cc1ccccc1. The predicted octanol–water partition coefficient (Wildman–Crippen LogP) is 1.49. The van der Waals surface area contributed by atoms with Crippen LogP contribution in [0.25, 0.3) is 0 Å². The molecule has 0 saturated carbocycles. The van der Waals surface area contributed by atoms with Crippen LogP contribution in [0.5, 0.6) is 0 Å². The second-order valence-corrected chi connectivity index (χ2v) is 2.43. The number of nitrogens with one attached hydrogen (secondary N) is 1. The van der Waals surface area contributed by atoms with E-state index in [1.807, 2.05) is 30.3 Å². The van der Waals surface area contributed by atoms with Crippen molar-refractivity contribution in [2.24, 2.45) is 0 Å². The van der Waals surface area contributed by atoms with Gasteiger partial charge in [0.25, 0.3) is 0 Å². The molecule has 0 aliphatic heterocycles. The maximum atomic E-state index is 11.0. The number of hydrogen-bond donors (Lipinski definition) is 1. The van der Waals surface area contributed by atoms with Gasteiger partial charge in [-0.05, 0) is 11.8 Å². The lowest BCUT2D eigenvalue weighted by atomic mass is 10.1. The lowest BCUT2D eigenvalue weighted by Crippen LogP contribution is -2.18. The lowest BCUT2D eigenvalue weighted by molar-refractivity contribution is -0.119. The molecular formula is C10H11NO. The van der Waals surface area contributed by atoms with Crippen molar-refractivity contribution in [1.82, 2.24) is 5.32 Å². The Balaban J connectivity index is 2.52. The third-order valence-electron chi connectivity index (χ3n) is 1.47. The van der Waals surface area contributed by atoms with Crippen LogP contribution in [0.3, 0.4) is 0 Å². The van der Waals surface area contributed by atoms with Crippen LogP contribution in [0.2, 0.25) is 0 Å². The minimum absolute atomic E-state index is 0.0313. The number of amides is 1. The van der Waals surface area contributed by atoms with Crippen LogP contribution < -0.4 is 5.32 Å². The second kappa shape index (κ2) is 4.34. The van der Waals surface area contributed by atoms with E-state index in [-0.39, 0.29) is 5.91 Å². The first kappa shape index (κ1) is 8.53. The fourth-order valence-electron chi connectivity index (χ4n) is 0.946. The van der Waals surface area contributed by atoms with E-state index in [2.05, 4.69) is 11.9 Å². The molecule has 0 aliphatic rings. The molecule has 1 rings (SSSR count). The van der Waals surface area contributed by atoms with Crippen LogP contribution in [0.1, 0.15) is 5.56 Å². The molecule has 0 aliphatic carbocycles. The molecule has 0 atom stereocenters. The van der Waals surface area contributed by atoms with E-state index in [1.54, 1.807) is 0 Å². The summed E-state index contributed by atoms with van der Waals surface area (Å²) in [4.78, 5) is 11.0. The molecule has 62 valence electrons. The van der Waals surface area contributed by atoms with Crippen LogP contribution in [0.4, 0.5) is 0 Å². The highest BCUT2D eigenvalue weighted by Gasteiger charge is 1.98. The summed E-state index contributed by atoms with van der Waals surface area (Å²) in [5.41, 5.74) is 1.01. The number of rotatable bonds is 3. The van der Waals surface area contributed by atoms with Crippen molar-refractivity contribution in [2.45, 2.75) is 6.42 Å². The average molecular weight is 161 g/mol. The summed E-state index contributed by atoms with van der Waals surface area (Å²) in [6.45, 7) is 3.41. The topological polar surface area (TPSA) is 29.1 Å². The molecule has 0 aromatic heterocycles. The van der Waals surface area contributed by atoms with E-state index in [1.165, 1.54) is 6.20 Å². The summed E-state index contributed by atoms with van der Waals surface area (Å²) in [5, 5.41) is 2.52. The molecule has 0 radical (unpaired) electrons. The molecular weight excluding hydrogens is 150 g/mol. The van der Waals surface area contributed by atoms with Gasteiger partial charge in [-0.3, -0.25) is 4.79 Å². The van der Waals surface area contributed by atoms with Gasteiger partial charge in [-0.2, -0.15) is 0 Å². The standard InChI is InChI=1S/C10H11NO/c1-2-11-10(12)8-9-6-4-3-5-7-9/h2-7H,1,8H2,(H,11,12). The van der Waals surface area contributed by atoms with Crippen molar-refractivity contribution >= 4 is 5.91 Å². The molecule has 0 spiro atoms. The normalized spacial score (nSPS) is 9.00. The van der Waals surface area contributed by atoms with E-state index >= 15 is 0 Å². The Morgan fingerprint density at radius 3 is 2.67 bits per heavy atom. The van der Waals surface area contributed by atoms with Crippen LogP contribution in [-0.2, 0) is 11.2 Å². The van der Waals surface area contributed by atoms with Gasteiger partial charge in [0.05, 0.1) is 6.42 Å². The number of hydrogen-bond acceptors (Lipinski definition) is 1. The van der Waals surface area contributed by atoms with Gasteiger partial charge >= 0.3 is 0 Å². The Bertz CT molecular complexity index is 266. The molecule has 2 heteroatoms. The van der Waals surface area contributed by atoms with E-state index in [0.29, 0.717) is 6.42 Å². The summed E-state index contributed by atoms with van der Waals surface area (Å²) in [5.74, 6) is -0.0313. The van der Waals surface area contributed by atoms with E-state index < -0.39 is 0 Å². The highest BCUT2D eigenvalue weighted by atomic mass is 16.1. The van der Waals surface area contributed by atoms with Gasteiger partial charge in [-0.25, -0.2) is 0 Å². The minimum atomic E-state index is -0.0313. The Hall–Kier alpha value is -1.57. The molecule has 1 amide bonds. The molecule has 12 heavy (non-hydrogen) atoms. The van der Waals surface area contributed by atoms with Crippen molar-refractivity contribution in [3.63, 3.8) is 0 Å². The highest BCUT2D eigenvalue weighted by Crippen LogP contribution is 1.98. The Morgan fingerprint density at radius 1 is 1.42 bits per heavy atom. The van der Waals surface area contributed by atoms with Crippen LogP contribution >= 0.6 is 0 Å². The minimum Gasteiger partial charge on any atom is -0.333 e. The van der Waals surface area contributed by atoms with Crippen molar-refractivity contribution in [3.8, 4) is 0 Å². The average Bonchev–Trinajstić information content (AvgIpc) is 2.06. The molecule has 1 N–H and O–H groups in total. The number of carbonyl (C=O) groups excluding carboxylic acids is 1. The predicted molar refractivity (Wildman–Crippen MR) is 48.5 cm³/mol. The molecule has 2 nitrogen and oxygen atoms in total. The van der Waals surface area contributed by atoms with Gasteiger partial charge in [0.1, 0.15) is 0 Å². The smallest absolute Gasteiger partial charge is 0.228 e. The first-order valence-electron chi connectivity index (χ1n) is 3.77. The van der Waals surface area contributed by atoms with E-state index in [0.717, 1.165) is 5.56 Å². The van der Waals surface area contributed by atoms with Gasteiger partial charge in [0.15, 0.2) is 0 Å². The molecule has 0 heterocycles. The quantitative estimate of drug-likeness (QED) is 0.715. The van der Waals surface area contributed by atoms with Gasteiger partial charge in [-0.1, -0.05) is 36.9 Å². The zero-order valence-electron chi connectivity index (χ0n) is 6.79. The molecule has 1 aromatic rings.